The van der Waals surface area contributed by atoms with E-state index in [9.17, 15) is 63.1 Å². The summed E-state index contributed by atoms with van der Waals surface area (Å²) in [5, 5.41) is 4.05. The van der Waals surface area contributed by atoms with Crippen molar-refractivity contribution in [2.75, 3.05) is 26.4 Å². The second kappa shape index (κ2) is 35.1. The molecule has 0 saturated carbocycles. The monoisotopic (exact) mass is 1350 g/mol. The van der Waals surface area contributed by atoms with E-state index in [0.717, 1.165) is 87.9 Å². The van der Waals surface area contributed by atoms with Crippen molar-refractivity contribution in [2.24, 2.45) is 5.11 Å². The number of hydrogen-bond acceptors (Lipinski definition) is 33. The van der Waals surface area contributed by atoms with E-state index in [1.165, 1.54) is 24.3 Å². The number of ether oxygens (including phenoxy) is 19. The van der Waals surface area contributed by atoms with Crippen LogP contribution >= 0.6 is 11.8 Å². The Morgan fingerprint density at radius 1 is 0.383 bits per heavy atom. The maximum absolute atomic E-state index is 14.5. The minimum Gasteiger partial charge on any atom is -0.463 e. The van der Waals surface area contributed by atoms with Crippen molar-refractivity contribution in [2.45, 2.75) is 203 Å². The van der Waals surface area contributed by atoms with Gasteiger partial charge in [-0.1, -0.05) is 53.3 Å². The molecular formula is C59H71N3O31S. The van der Waals surface area contributed by atoms with Gasteiger partial charge in [0.25, 0.3) is 0 Å². The number of rotatable bonds is 26. The van der Waals surface area contributed by atoms with Gasteiger partial charge < -0.3 is 90.0 Å². The third kappa shape index (κ3) is 21.5. The Labute approximate surface area is 540 Å². The highest BCUT2D eigenvalue weighted by molar-refractivity contribution is 7.99. The Balaban J connectivity index is 1.61. The maximum Gasteiger partial charge on any atom is 0.338 e. The van der Waals surface area contributed by atoms with E-state index in [-0.39, 0.29) is 5.56 Å². The van der Waals surface area contributed by atoms with Crippen LogP contribution in [0.5, 0.6) is 0 Å². The van der Waals surface area contributed by atoms with Crippen LogP contribution in [0, 0.1) is 0 Å². The quantitative estimate of drug-likeness (QED) is 0.0429. The first-order valence-corrected chi connectivity index (χ1v) is 29.8. The third-order valence-corrected chi connectivity index (χ3v) is 14.8. The molecular weight excluding hydrogens is 1280 g/mol. The number of benzene rings is 2. The molecule has 0 spiro atoms. The molecule has 514 valence electrons. The number of nitrogens with zero attached hydrogens (tertiary/aromatic N) is 3. The molecule has 35 heteroatoms. The molecule has 6 rings (SSSR count). The van der Waals surface area contributed by atoms with E-state index in [1.807, 2.05) is 0 Å². The number of azide groups is 1. The predicted octanol–water partition coefficient (Wildman–Crippen LogP) is 2.51. The normalized spacial score (nSPS) is 30.3. The van der Waals surface area contributed by atoms with Crippen molar-refractivity contribution in [1.29, 1.82) is 0 Å². The molecule has 2 aromatic rings. The summed E-state index contributed by atoms with van der Waals surface area (Å²) in [6, 6.07) is 14.1. The molecule has 4 fully saturated rings. The number of hydrogen-bond donors (Lipinski definition) is 0. The average molecular weight is 1350 g/mol. The fraction of sp³-hybridized carbons (Fsp3) is 0.593. The van der Waals surface area contributed by atoms with E-state index in [4.69, 9.17) is 90.0 Å². The lowest BCUT2D eigenvalue weighted by Gasteiger charge is -2.50. The third-order valence-electron chi connectivity index (χ3n) is 13.6. The SMILES string of the molecule is CC(=O)OCC1O[C@@H](OCC2O[C@@H](Sc3ccccc3)C(N=[N+]=[N-])C(OC(=O)c3ccccc3)[C@@H]2O[C@@H]2O[C@@H](COC(C)=O)[C@H](OC(C)=O)C(OC(C)=O)C2OC(C)=O)C(O[C@@H]2OC(COC(C)=O)[C@H](OC(C)=O)C(OC(C)=O)C2OC(C)=O)C(OC(C)=O)[C@H]1OC(C)=O. The van der Waals surface area contributed by atoms with Gasteiger partial charge in [-0.05, 0) is 29.8 Å². The Morgan fingerprint density at radius 2 is 0.723 bits per heavy atom. The Hall–Kier alpha value is -8.54. The van der Waals surface area contributed by atoms with E-state index < -0.39 is 220 Å². The van der Waals surface area contributed by atoms with Crippen LogP contribution in [0.4, 0.5) is 0 Å². The molecule has 4 heterocycles. The molecule has 0 amide bonds. The number of esters is 12. The summed E-state index contributed by atoms with van der Waals surface area (Å²) in [4.78, 5) is 159. The van der Waals surface area contributed by atoms with E-state index in [2.05, 4.69) is 10.0 Å². The minimum atomic E-state index is -2.14. The molecule has 4 aliphatic heterocycles. The standard InChI is InChI=1S/C59H71N3O31S/c1-26(63)75-22-39-45(79-29(4)66)49(82-32(7)69)52(93-58-54(86-36(11)73)51(84-34(9)71)47(81-31(6)68)41(89-58)24-77-28(3)65)56(87-39)78-25-42-44(92-57-53(85-35(10)72)50(83-33(8)70)46(80-30(5)67)40(88-57)23-76-27(2)64)48(91-55(74)37-18-14-12-15-19-37)43(61-62-60)59(90-42)94-38-20-16-13-17-21-38/h12-21,39-54,56-59H,22-25H2,1-11H3/t39?,40-,41?,42?,43?,44+,45-,46-,47-,48?,49?,50?,51?,52?,53?,54?,56+,57-,58-,59-/m0/s1. The summed E-state index contributed by atoms with van der Waals surface area (Å²) in [6.07, 6.45) is -34.1. The molecule has 94 heavy (non-hydrogen) atoms. The zero-order valence-corrected chi connectivity index (χ0v) is 53.4. The van der Waals surface area contributed by atoms with Crippen LogP contribution < -0.4 is 0 Å². The minimum absolute atomic E-state index is 0.0599. The summed E-state index contributed by atoms with van der Waals surface area (Å²) in [5.41, 5.74) is 8.84. The summed E-state index contributed by atoms with van der Waals surface area (Å²) in [5.74, 6) is -12.0. The molecule has 0 bridgehead atoms. The topological polar surface area (TPSA) is 429 Å². The summed E-state index contributed by atoms with van der Waals surface area (Å²) in [6.45, 7) is 7.53. The van der Waals surface area contributed by atoms with Gasteiger partial charge in [0.05, 0.1) is 12.2 Å². The van der Waals surface area contributed by atoms with Crippen LogP contribution in [0.3, 0.4) is 0 Å². The zero-order valence-electron chi connectivity index (χ0n) is 52.6. The predicted molar refractivity (Wildman–Crippen MR) is 306 cm³/mol. The van der Waals surface area contributed by atoms with Crippen molar-refractivity contribution in [3.05, 3.63) is 76.7 Å². The fourth-order valence-electron chi connectivity index (χ4n) is 10.2. The highest BCUT2D eigenvalue weighted by Crippen LogP contribution is 2.42. The van der Waals surface area contributed by atoms with E-state index in [1.54, 1.807) is 36.4 Å². The molecule has 4 aliphatic rings. The molecule has 0 N–H and O–H groups in total. The average Bonchev–Trinajstić information content (AvgIpc) is 0.772. The van der Waals surface area contributed by atoms with Gasteiger partial charge in [-0.2, -0.15) is 0 Å². The molecule has 2 aromatic carbocycles. The molecule has 20 atom stereocenters. The lowest BCUT2D eigenvalue weighted by molar-refractivity contribution is -0.373. The first kappa shape index (κ1) is 74.5. The maximum atomic E-state index is 14.5. The summed E-state index contributed by atoms with van der Waals surface area (Å²) in [7, 11) is 0. The van der Waals surface area contributed by atoms with Crippen molar-refractivity contribution < 1.29 is 148 Å². The zero-order chi connectivity index (χ0) is 69.1. The summed E-state index contributed by atoms with van der Waals surface area (Å²) >= 11 is 0.939. The lowest BCUT2D eigenvalue weighted by Crippen LogP contribution is -2.68. The second-order valence-electron chi connectivity index (χ2n) is 21.1. The van der Waals surface area contributed by atoms with Crippen molar-refractivity contribution in [1.82, 2.24) is 0 Å². The van der Waals surface area contributed by atoms with Gasteiger partial charge in [0.2, 0.25) is 0 Å². The van der Waals surface area contributed by atoms with Crippen LogP contribution in [0.25, 0.3) is 10.4 Å². The molecule has 0 aromatic heterocycles. The van der Waals surface area contributed by atoms with Gasteiger partial charge in [0.15, 0.2) is 73.8 Å². The summed E-state index contributed by atoms with van der Waals surface area (Å²) < 4.78 is 114. The van der Waals surface area contributed by atoms with Gasteiger partial charge in [0, 0.05) is 86.0 Å². The molecule has 4 saturated heterocycles. The van der Waals surface area contributed by atoms with Crippen LogP contribution in [-0.4, -0.2) is 220 Å². The first-order chi connectivity index (χ1) is 44.5. The Bertz CT molecular complexity index is 3080. The van der Waals surface area contributed by atoms with E-state index >= 15 is 0 Å². The van der Waals surface area contributed by atoms with Gasteiger partial charge in [-0.25, -0.2) is 4.79 Å². The fourth-order valence-corrected chi connectivity index (χ4v) is 11.4. The smallest absolute Gasteiger partial charge is 0.338 e. The number of carbonyl (C=O) groups is 12. The number of carbonyl (C=O) groups excluding carboxylic acids is 12. The van der Waals surface area contributed by atoms with Crippen molar-refractivity contribution >= 4 is 83.4 Å². The molecule has 0 radical (unpaired) electrons. The van der Waals surface area contributed by atoms with Gasteiger partial charge in [-0.15, -0.1) is 0 Å². The molecule has 11 unspecified atom stereocenters. The van der Waals surface area contributed by atoms with Crippen LogP contribution in [-0.2, 0) is 143 Å². The number of thioether (sulfide) groups is 1. The highest BCUT2D eigenvalue weighted by Gasteiger charge is 2.60. The largest absolute Gasteiger partial charge is 0.463 e. The molecule has 0 aliphatic carbocycles. The van der Waals surface area contributed by atoms with Crippen molar-refractivity contribution in [3.63, 3.8) is 0 Å². The Morgan fingerprint density at radius 3 is 1.11 bits per heavy atom. The van der Waals surface area contributed by atoms with Gasteiger partial charge >= 0.3 is 71.6 Å². The van der Waals surface area contributed by atoms with Crippen LogP contribution in [0.15, 0.2) is 70.7 Å². The van der Waals surface area contributed by atoms with Gasteiger partial charge in [0.1, 0.15) is 67.9 Å². The highest BCUT2D eigenvalue weighted by atomic mass is 32.2. The Kier molecular flexibility index (Phi) is 27.8. The van der Waals surface area contributed by atoms with Crippen molar-refractivity contribution in [3.8, 4) is 0 Å². The van der Waals surface area contributed by atoms with Gasteiger partial charge in [-0.3, -0.25) is 52.7 Å². The van der Waals surface area contributed by atoms with E-state index in [0.29, 0.717) is 4.90 Å². The first-order valence-electron chi connectivity index (χ1n) is 28.9. The van der Waals surface area contributed by atoms with Crippen LogP contribution in [0.2, 0.25) is 0 Å². The molecule has 34 nitrogen and oxygen atoms in total. The second-order valence-corrected chi connectivity index (χ2v) is 22.2. The lowest BCUT2D eigenvalue weighted by atomic mass is 9.95. The van der Waals surface area contributed by atoms with Crippen LogP contribution in [0.1, 0.15) is 86.5 Å².